The normalized spacial score (nSPS) is 24.4. The van der Waals surface area contributed by atoms with Gasteiger partial charge < -0.3 is 14.6 Å². The van der Waals surface area contributed by atoms with Gasteiger partial charge in [0.2, 0.25) is 5.91 Å². The maximum absolute atomic E-state index is 14.1. The molecule has 23 heavy (non-hydrogen) atoms. The minimum absolute atomic E-state index is 0.102. The Hall–Kier alpha value is -1.95. The maximum atomic E-state index is 14.1. The van der Waals surface area contributed by atoms with Crippen LogP contribution in [0.5, 0.6) is 0 Å². The average Bonchev–Trinajstić information content (AvgIpc) is 3.15. The van der Waals surface area contributed by atoms with Crippen LogP contribution in [0.15, 0.2) is 24.5 Å². The number of imidazole rings is 1. The summed E-state index contributed by atoms with van der Waals surface area (Å²) in [5.74, 6) is 0.192. The zero-order valence-corrected chi connectivity index (χ0v) is 13.0. The molecule has 0 aliphatic carbocycles. The van der Waals surface area contributed by atoms with Crippen molar-refractivity contribution in [3.63, 3.8) is 0 Å². The summed E-state index contributed by atoms with van der Waals surface area (Å²) >= 11 is 0. The van der Waals surface area contributed by atoms with Crippen molar-refractivity contribution in [3.05, 3.63) is 36.0 Å². The number of halogens is 1. The first-order chi connectivity index (χ1) is 11.2. The predicted molar refractivity (Wildman–Crippen MR) is 84.6 cm³/mol. The maximum Gasteiger partial charge on any atom is 0.226 e. The van der Waals surface area contributed by atoms with Crippen molar-refractivity contribution in [2.24, 2.45) is 5.92 Å². The van der Waals surface area contributed by atoms with Gasteiger partial charge in [0.05, 0.1) is 5.69 Å². The molecule has 2 aliphatic heterocycles. The van der Waals surface area contributed by atoms with Crippen LogP contribution < -0.4 is 5.32 Å². The minimum Gasteiger partial charge on any atom is -0.337 e. The Morgan fingerprint density at radius 1 is 1.39 bits per heavy atom. The minimum atomic E-state index is -0.199. The lowest BCUT2D eigenvalue weighted by molar-refractivity contribution is -0.132. The molecule has 122 valence electrons. The number of aryl methyl sites for hydroxylation is 1. The molecule has 2 fully saturated rings. The Bertz CT molecular complexity index is 728. The van der Waals surface area contributed by atoms with E-state index >= 15 is 0 Å². The summed E-state index contributed by atoms with van der Waals surface area (Å²) in [4.78, 5) is 18.7. The molecule has 0 spiro atoms. The fourth-order valence-corrected chi connectivity index (χ4v) is 3.95. The first-order valence-electron chi connectivity index (χ1n) is 8.35. The summed E-state index contributed by atoms with van der Waals surface area (Å²) in [7, 11) is 0. The summed E-state index contributed by atoms with van der Waals surface area (Å²) in [5, 5.41) is 3.35. The smallest absolute Gasteiger partial charge is 0.226 e. The van der Waals surface area contributed by atoms with Crippen LogP contribution in [0, 0.1) is 11.7 Å². The molecule has 4 rings (SSSR count). The topological polar surface area (TPSA) is 49.6 Å². The molecule has 0 aromatic carbocycles. The van der Waals surface area contributed by atoms with E-state index in [-0.39, 0.29) is 17.6 Å². The van der Waals surface area contributed by atoms with Crippen molar-refractivity contribution in [1.82, 2.24) is 19.6 Å². The van der Waals surface area contributed by atoms with E-state index in [0.717, 1.165) is 44.5 Å². The van der Waals surface area contributed by atoms with Gasteiger partial charge in [-0.05, 0) is 37.8 Å². The standard InChI is InChI=1S/C17H21FN4O/c18-14-4-5-16-20-7-9-22(16)15(14)3-1-2-12-10-13-11-19-6-8-21(13)17(12)23/h4-5,7,9,12-13,19H,1-3,6,8,10-11H2/t12-,13-/m0/s1. The van der Waals surface area contributed by atoms with E-state index in [4.69, 9.17) is 0 Å². The molecular formula is C17H21FN4O. The van der Waals surface area contributed by atoms with Crippen molar-refractivity contribution in [1.29, 1.82) is 0 Å². The highest BCUT2D eigenvalue weighted by atomic mass is 19.1. The van der Waals surface area contributed by atoms with E-state index in [1.165, 1.54) is 6.07 Å². The molecule has 2 aromatic rings. The van der Waals surface area contributed by atoms with Gasteiger partial charge >= 0.3 is 0 Å². The summed E-state index contributed by atoms with van der Waals surface area (Å²) in [6, 6.07) is 3.52. The van der Waals surface area contributed by atoms with Crippen LogP contribution in [0.4, 0.5) is 4.39 Å². The van der Waals surface area contributed by atoms with E-state index < -0.39 is 0 Å². The largest absolute Gasteiger partial charge is 0.337 e. The fraction of sp³-hybridized carbons (Fsp3) is 0.529. The van der Waals surface area contributed by atoms with Gasteiger partial charge in [-0.1, -0.05) is 0 Å². The first-order valence-corrected chi connectivity index (χ1v) is 8.35. The van der Waals surface area contributed by atoms with Crippen molar-refractivity contribution in [3.8, 4) is 0 Å². The number of hydrogen-bond acceptors (Lipinski definition) is 3. The zero-order chi connectivity index (χ0) is 15.8. The highest BCUT2D eigenvalue weighted by molar-refractivity contribution is 5.81. The van der Waals surface area contributed by atoms with Gasteiger partial charge in [-0.2, -0.15) is 0 Å². The van der Waals surface area contributed by atoms with E-state index in [0.29, 0.717) is 18.2 Å². The van der Waals surface area contributed by atoms with Gasteiger partial charge in [0.15, 0.2) is 0 Å². The van der Waals surface area contributed by atoms with Crippen molar-refractivity contribution in [2.75, 3.05) is 19.6 Å². The van der Waals surface area contributed by atoms with E-state index in [2.05, 4.69) is 10.3 Å². The zero-order valence-electron chi connectivity index (χ0n) is 13.0. The Kier molecular flexibility index (Phi) is 3.77. The second-order valence-electron chi connectivity index (χ2n) is 6.50. The highest BCUT2D eigenvalue weighted by Gasteiger charge is 2.39. The Balaban J connectivity index is 1.41. The second-order valence-corrected chi connectivity index (χ2v) is 6.50. The van der Waals surface area contributed by atoms with Crippen LogP contribution in [-0.4, -0.2) is 45.9 Å². The molecule has 2 atom stereocenters. The molecule has 5 nitrogen and oxygen atoms in total. The summed E-state index contributed by atoms with van der Waals surface area (Å²) < 4.78 is 15.9. The highest BCUT2D eigenvalue weighted by Crippen LogP contribution is 2.29. The van der Waals surface area contributed by atoms with Crippen LogP contribution in [-0.2, 0) is 11.2 Å². The number of amides is 1. The summed E-state index contributed by atoms with van der Waals surface area (Å²) in [6.45, 7) is 2.62. The predicted octanol–water partition coefficient (Wildman–Crippen LogP) is 1.62. The molecule has 4 heterocycles. The fourth-order valence-electron chi connectivity index (χ4n) is 3.95. The van der Waals surface area contributed by atoms with E-state index in [1.54, 1.807) is 22.9 Å². The number of fused-ring (bicyclic) bond motifs is 2. The van der Waals surface area contributed by atoms with Crippen LogP contribution in [0.3, 0.4) is 0 Å². The molecule has 6 heteroatoms. The van der Waals surface area contributed by atoms with Crippen molar-refractivity contribution >= 4 is 11.6 Å². The van der Waals surface area contributed by atoms with Gasteiger partial charge in [0, 0.05) is 44.0 Å². The Labute approximate surface area is 134 Å². The lowest BCUT2D eigenvalue weighted by Gasteiger charge is -2.30. The molecule has 0 saturated carbocycles. The third-order valence-electron chi connectivity index (χ3n) is 5.12. The van der Waals surface area contributed by atoms with Crippen molar-refractivity contribution in [2.45, 2.75) is 31.7 Å². The van der Waals surface area contributed by atoms with Crippen LogP contribution in [0.2, 0.25) is 0 Å². The molecular weight excluding hydrogens is 295 g/mol. The number of nitrogens with zero attached hydrogens (tertiary/aromatic N) is 3. The van der Waals surface area contributed by atoms with Gasteiger partial charge in [-0.15, -0.1) is 0 Å². The summed E-state index contributed by atoms with van der Waals surface area (Å²) in [6.07, 6.45) is 6.69. The SMILES string of the molecule is O=C1[C@@H](CCCc2c(F)ccc3nccn23)C[C@H]2CNCCN12. The molecule has 0 bridgehead atoms. The molecule has 2 aliphatic rings. The second kappa shape index (κ2) is 5.92. The molecule has 2 saturated heterocycles. The number of piperazine rings is 1. The molecule has 0 radical (unpaired) electrons. The summed E-state index contributed by atoms with van der Waals surface area (Å²) in [5.41, 5.74) is 1.42. The lowest BCUT2D eigenvalue weighted by Crippen LogP contribution is -2.49. The molecule has 2 aromatic heterocycles. The van der Waals surface area contributed by atoms with E-state index in [1.807, 2.05) is 4.90 Å². The first kappa shape index (κ1) is 14.6. The number of aromatic nitrogens is 2. The van der Waals surface area contributed by atoms with Gasteiger partial charge in [0.25, 0.3) is 0 Å². The number of carbonyl (C=O) groups is 1. The van der Waals surface area contributed by atoms with E-state index in [9.17, 15) is 9.18 Å². The third-order valence-corrected chi connectivity index (χ3v) is 5.12. The number of pyridine rings is 1. The number of hydrogen-bond donors (Lipinski definition) is 1. The van der Waals surface area contributed by atoms with Gasteiger partial charge in [-0.3, -0.25) is 4.79 Å². The van der Waals surface area contributed by atoms with Crippen LogP contribution >= 0.6 is 0 Å². The third kappa shape index (κ3) is 2.61. The Morgan fingerprint density at radius 2 is 2.30 bits per heavy atom. The van der Waals surface area contributed by atoms with Crippen LogP contribution in [0.25, 0.3) is 5.65 Å². The molecule has 0 unspecified atom stereocenters. The number of carbonyl (C=O) groups excluding carboxylic acids is 1. The number of rotatable bonds is 4. The molecule has 1 amide bonds. The van der Waals surface area contributed by atoms with Gasteiger partial charge in [0.1, 0.15) is 11.5 Å². The monoisotopic (exact) mass is 316 g/mol. The lowest BCUT2D eigenvalue weighted by atomic mass is 9.97. The Morgan fingerprint density at radius 3 is 3.17 bits per heavy atom. The van der Waals surface area contributed by atoms with Crippen molar-refractivity contribution < 1.29 is 9.18 Å². The quantitative estimate of drug-likeness (QED) is 0.932. The molecule has 1 N–H and O–H groups in total. The van der Waals surface area contributed by atoms with Gasteiger partial charge in [-0.25, -0.2) is 9.37 Å². The number of nitrogens with one attached hydrogen (secondary N) is 1. The average molecular weight is 316 g/mol. The van der Waals surface area contributed by atoms with Crippen LogP contribution in [0.1, 0.15) is 25.0 Å².